The molecule has 0 aliphatic carbocycles. The first kappa shape index (κ1) is 23.8. The van der Waals surface area contributed by atoms with Crippen molar-refractivity contribution in [3.8, 4) is 17.2 Å². The monoisotopic (exact) mass is 492 g/mol. The van der Waals surface area contributed by atoms with Crippen molar-refractivity contribution in [1.82, 2.24) is 9.78 Å². The molecule has 0 unspecified atom stereocenters. The summed E-state index contributed by atoms with van der Waals surface area (Å²) in [6.07, 6.45) is 1.58. The number of hydrogen-bond acceptors (Lipinski definition) is 6. The number of carbonyl (C=O) groups excluding carboxylic acids is 1. The number of nitrogens with zero attached hydrogens (tertiary/aromatic N) is 3. The standard InChI is InChI=1S/C25H21ClN4O5/c1-16-3-6-20(7-4-16)35-21-13-18(12-19(14-21)30(32)33)27-25(31)23-9-10-29(28-23)15-34-24-11-17(2)5-8-22(24)26/h3-14H,15H2,1-2H3,(H,27,31). The average molecular weight is 493 g/mol. The Labute approximate surface area is 206 Å². The first-order chi connectivity index (χ1) is 16.8. The molecule has 1 amide bonds. The molecule has 3 aromatic carbocycles. The van der Waals surface area contributed by atoms with Gasteiger partial charge in [-0.15, -0.1) is 0 Å². The molecular weight excluding hydrogens is 472 g/mol. The Hall–Kier alpha value is -4.37. The van der Waals surface area contributed by atoms with Crippen LogP contribution in [0.3, 0.4) is 0 Å². The maximum Gasteiger partial charge on any atom is 0.276 e. The summed E-state index contributed by atoms with van der Waals surface area (Å²) >= 11 is 6.14. The summed E-state index contributed by atoms with van der Waals surface area (Å²) in [5.41, 5.74) is 2.13. The fourth-order valence-corrected chi connectivity index (χ4v) is 3.34. The van der Waals surface area contributed by atoms with Crippen molar-refractivity contribution in [2.75, 3.05) is 5.32 Å². The molecule has 0 saturated heterocycles. The summed E-state index contributed by atoms with van der Waals surface area (Å²) < 4.78 is 12.9. The van der Waals surface area contributed by atoms with Gasteiger partial charge in [-0.25, -0.2) is 4.68 Å². The maximum atomic E-state index is 12.7. The van der Waals surface area contributed by atoms with E-state index in [-0.39, 0.29) is 29.5 Å². The summed E-state index contributed by atoms with van der Waals surface area (Å²) in [5.74, 6) is 0.693. The van der Waals surface area contributed by atoms with Gasteiger partial charge in [-0.1, -0.05) is 35.4 Å². The highest BCUT2D eigenvalue weighted by Crippen LogP contribution is 2.30. The normalized spacial score (nSPS) is 10.6. The summed E-state index contributed by atoms with van der Waals surface area (Å²) in [4.78, 5) is 23.6. The minimum atomic E-state index is -0.555. The SMILES string of the molecule is Cc1ccc(Oc2cc(NC(=O)c3ccn(COc4cc(C)ccc4Cl)n3)cc([N+](=O)[O-])c2)cc1. The number of halogens is 1. The van der Waals surface area contributed by atoms with Crippen LogP contribution >= 0.6 is 11.6 Å². The number of nitro benzene ring substituents is 1. The van der Waals surface area contributed by atoms with Gasteiger partial charge in [-0.3, -0.25) is 14.9 Å². The molecule has 10 heteroatoms. The lowest BCUT2D eigenvalue weighted by Crippen LogP contribution is -2.14. The van der Waals surface area contributed by atoms with Crippen molar-refractivity contribution in [2.45, 2.75) is 20.6 Å². The van der Waals surface area contributed by atoms with Crippen LogP contribution in [-0.4, -0.2) is 20.6 Å². The molecule has 0 saturated carbocycles. The van der Waals surface area contributed by atoms with E-state index < -0.39 is 10.8 Å². The number of hydrogen-bond donors (Lipinski definition) is 1. The second-order valence-electron chi connectivity index (χ2n) is 7.79. The van der Waals surface area contributed by atoms with Gasteiger partial charge in [0.25, 0.3) is 11.6 Å². The minimum absolute atomic E-state index is 0.0435. The molecule has 9 nitrogen and oxygen atoms in total. The summed E-state index contributed by atoms with van der Waals surface area (Å²) in [6.45, 7) is 3.91. The summed E-state index contributed by atoms with van der Waals surface area (Å²) in [6, 6.07) is 18.2. The quantitative estimate of drug-likeness (QED) is 0.233. The van der Waals surface area contributed by atoms with Gasteiger partial charge in [0.2, 0.25) is 0 Å². The van der Waals surface area contributed by atoms with Crippen LogP contribution in [0.25, 0.3) is 0 Å². The number of nitrogens with one attached hydrogen (secondary N) is 1. The second-order valence-corrected chi connectivity index (χ2v) is 8.20. The smallest absolute Gasteiger partial charge is 0.276 e. The van der Waals surface area contributed by atoms with E-state index in [1.807, 2.05) is 32.0 Å². The van der Waals surface area contributed by atoms with Crippen molar-refractivity contribution >= 4 is 28.9 Å². The van der Waals surface area contributed by atoms with E-state index in [9.17, 15) is 14.9 Å². The number of rotatable bonds is 8. The molecule has 4 aromatic rings. The lowest BCUT2D eigenvalue weighted by molar-refractivity contribution is -0.384. The van der Waals surface area contributed by atoms with Crippen LogP contribution in [0, 0.1) is 24.0 Å². The van der Waals surface area contributed by atoms with Gasteiger partial charge in [-0.05, 0) is 49.7 Å². The number of aryl methyl sites for hydroxylation is 2. The Morgan fingerprint density at radius 3 is 2.51 bits per heavy atom. The lowest BCUT2D eigenvalue weighted by Gasteiger charge is -2.10. The zero-order chi connectivity index (χ0) is 24.9. The number of amides is 1. The Balaban J connectivity index is 1.46. The van der Waals surface area contributed by atoms with Gasteiger partial charge in [0.15, 0.2) is 12.4 Å². The van der Waals surface area contributed by atoms with Crippen LogP contribution in [0.15, 0.2) is 72.9 Å². The molecule has 1 aromatic heterocycles. The molecule has 0 aliphatic rings. The Morgan fingerprint density at radius 1 is 1.03 bits per heavy atom. The van der Waals surface area contributed by atoms with Crippen LogP contribution < -0.4 is 14.8 Å². The van der Waals surface area contributed by atoms with E-state index in [1.54, 1.807) is 30.5 Å². The molecule has 0 spiro atoms. The minimum Gasteiger partial charge on any atom is -0.470 e. The van der Waals surface area contributed by atoms with E-state index in [2.05, 4.69) is 10.4 Å². The van der Waals surface area contributed by atoms with E-state index in [1.165, 1.54) is 28.9 Å². The van der Waals surface area contributed by atoms with Crippen LogP contribution in [-0.2, 0) is 6.73 Å². The van der Waals surface area contributed by atoms with Gasteiger partial charge in [0, 0.05) is 18.3 Å². The predicted molar refractivity (Wildman–Crippen MR) is 131 cm³/mol. The number of aromatic nitrogens is 2. The van der Waals surface area contributed by atoms with Crippen molar-refractivity contribution < 1.29 is 19.2 Å². The fraction of sp³-hybridized carbons (Fsp3) is 0.120. The predicted octanol–water partition coefficient (Wildman–Crippen LogP) is 6.14. The highest BCUT2D eigenvalue weighted by Gasteiger charge is 2.16. The highest BCUT2D eigenvalue weighted by molar-refractivity contribution is 6.32. The molecule has 1 N–H and O–H groups in total. The molecule has 35 heavy (non-hydrogen) atoms. The maximum absolute atomic E-state index is 12.7. The van der Waals surface area contributed by atoms with Gasteiger partial charge >= 0.3 is 0 Å². The van der Waals surface area contributed by atoms with Gasteiger partial charge in [-0.2, -0.15) is 5.10 Å². The van der Waals surface area contributed by atoms with E-state index in [0.717, 1.165) is 11.1 Å². The molecule has 0 atom stereocenters. The van der Waals surface area contributed by atoms with Crippen LogP contribution in [0.2, 0.25) is 5.02 Å². The number of benzene rings is 3. The van der Waals surface area contributed by atoms with Crippen molar-refractivity contribution in [1.29, 1.82) is 0 Å². The Kier molecular flexibility index (Phi) is 6.98. The third kappa shape index (κ3) is 6.15. The number of anilines is 1. The van der Waals surface area contributed by atoms with Crippen LogP contribution in [0.5, 0.6) is 17.2 Å². The molecule has 0 bridgehead atoms. The van der Waals surface area contributed by atoms with Crippen molar-refractivity contribution in [2.24, 2.45) is 0 Å². The zero-order valence-electron chi connectivity index (χ0n) is 18.9. The number of non-ortho nitro benzene ring substituents is 1. The Morgan fingerprint density at radius 2 is 1.77 bits per heavy atom. The number of carbonyl (C=O) groups is 1. The average Bonchev–Trinajstić information content (AvgIpc) is 3.30. The third-order valence-electron chi connectivity index (χ3n) is 4.93. The van der Waals surface area contributed by atoms with Crippen molar-refractivity contribution in [3.05, 3.63) is 105 Å². The Bertz CT molecular complexity index is 1390. The molecule has 0 aliphatic heterocycles. The molecular formula is C25H21ClN4O5. The van der Waals surface area contributed by atoms with Gasteiger partial charge < -0.3 is 14.8 Å². The molecule has 4 rings (SSSR count). The molecule has 0 fully saturated rings. The first-order valence-corrected chi connectivity index (χ1v) is 10.9. The number of ether oxygens (including phenoxy) is 2. The third-order valence-corrected chi connectivity index (χ3v) is 5.24. The van der Waals surface area contributed by atoms with E-state index in [4.69, 9.17) is 21.1 Å². The van der Waals surface area contributed by atoms with Crippen LogP contribution in [0.1, 0.15) is 21.6 Å². The summed E-state index contributed by atoms with van der Waals surface area (Å²) in [7, 11) is 0. The van der Waals surface area contributed by atoms with Crippen molar-refractivity contribution in [3.63, 3.8) is 0 Å². The first-order valence-electron chi connectivity index (χ1n) is 10.5. The van der Waals surface area contributed by atoms with E-state index >= 15 is 0 Å². The van der Waals surface area contributed by atoms with Gasteiger partial charge in [0.1, 0.15) is 17.2 Å². The fourth-order valence-electron chi connectivity index (χ4n) is 3.17. The zero-order valence-corrected chi connectivity index (χ0v) is 19.7. The highest BCUT2D eigenvalue weighted by atomic mass is 35.5. The summed E-state index contributed by atoms with van der Waals surface area (Å²) in [5, 5.41) is 18.7. The topological polar surface area (TPSA) is 109 Å². The van der Waals surface area contributed by atoms with Gasteiger partial charge in [0.05, 0.1) is 21.7 Å². The van der Waals surface area contributed by atoms with Crippen LogP contribution in [0.4, 0.5) is 11.4 Å². The number of nitro groups is 1. The molecule has 1 heterocycles. The second kappa shape index (κ2) is 10.3. The molecule has 178 valence electrons. The van der Waals surface area contributed by atoms with E-state index in [0.29, 0.717) is 16.5 Å². The lowest BCUT2D eigenvalue weighted by atomic mass is 10.2. The molecule has 0 radical (unpaired) electrons. The largest absolute Gasteiger partial charge is 0.470 e.